The van der Waals surface area contributed by atoms with Crippen LogP contribution >= 0.6 is 0 Å². The third kappa shape index (κ3) is 2.56. The second-order valence-corrected chi connectivity index (χ2v) is 4.37. The lowest BCUT2D eigenvalue weighted by molar-refractivity contribution is -0.0297. The standard InChI is InChI=1S/C13H22N2O3/c1-5-8-9-10(16)14-12(15-11(9)17)13(6-2,7-3)18-4/h5-8H2,1-4H3,(H2,14,15,16,17). The van der Waals surface area contributed by atoms with Crippen LogP contribution in [-0.2, 0) is 16.8 Å². The van der Waals surface area contributed by atoms with E-state index in [-0.39, 0.29) is 11.4 Å². The van der Waals surface area contributed by atoms with Crippen molar-refractivity contribution in [2.24, 2.45) is 0 Å². The molecule has 18 heavy (non-hydrogen) atoms. The van der Waals surface area contributed by atoms with Gasteiger partial charge in [0.1, 0.15) is 11.4 Å². The molecule has 5 nitrogen and oxygen atoms in total. The summed E-state index contributed by atoms with van der Waals surface area (Å²) in [5, 5.41) is 9.87. The number of hydrogen-bond donors (Lipinski definition) is 2. The van der Waals surface area contributed by atoms with Gasteiger partial charge in [-0.1, -0.05) is 27.2 Å². The maximum Gasteiger partial charge on any atom is 0.258 e. The van der Waals surface area contributed by atoms with Crippen molar-refractivity contribution in [2.75, 3.05) is 7.11 Å². The van der Waals surface area contributed by atoms with Gasteiger partial charge in [0.05, 0.1) is 5.56 Å². The van der Waals surface area contributed by atoms with Crippen LogP contribution in [0.15, 0.2) is 4.79 Å². The molecule has 0 atom stereocenters. The molecule has 1 aromatic rings. The fourth-order valence-corrected chi connectivity index (χ4v) is 2.15. The van der Waals surface area contributed by atoms with E-state index in [9.17, 15) is 9.90 Å². The van der Waals surface area contributed by atoms with E-state index in [1.807, 2.05) is 20.8 Å². The molecule has 0 unspecified atom stereocenters. The fourth-order valence-electron chi connectivity index (χ4n) is 2.15. The highest BCUT2D eigenvalue weighted by Gasteiger charge is 2.32. The van der Waals surface area contributed by atoms with Crippen molar-refractivity contribution in [1.82, 2.24) is 9.97 Å². The first-order chi connectivity index (χ1) is 8.54. The van der Waals surface area contributed by atoms with Crippen LogP contribution in [-0.4, -0.2) is 22.2 Å². The molecule has 0 bridgehead atoms. The Kier molecular flexibility index (Phi) is 4.90. The van der Waals surface area contributed by atoms with Crippen molar-refractivity contribution in [3.05, 3.63) is 21.7 Å². The Bertz CT molecular complexity index is 442. The van der Waals surface area contributed by atoms with Gasteiger partial charge in [0.15, 0.2) is 0 Å². The Morgan fingerprint density at radius 2 is 1.94 bits per heavy atom. The topological polar surface area (TPSA) is 75.2 Å². The highest BCUT2D eigenvalue weighted by atomic mass is 16.5. The van der Waals surface area contributed by atoms with E-state index in [2.05, 4.69) is 9.97 Å². The molecular weight excluding hydrogens is 232 g/mol. The van der Waals surface area contributed by atoms with Crippen LogP contribution in [0.1, 0.15) is 51.4 Å². The zero-order valence-corrected chi connectivity index (χ0v) is 11.5. The lowest BCUT2D eigenvalue weighted by Crippen LogP contribution is -2.32. The molecule has 0 spiro atoms. The first-order valence-electron chi connectivity index (χ1n) is 6.42. The summed E-state index contributed by atoms with van der Waals surface area (Å²) in [5.74, 6) is 0.219. The van der Waals surface area contributed by atoms with Crippen molar-refractivity contribution < 1.29 is 9.84 Å². The lowest BCUT2D eigenvalue weighted by Gasteiger charge is -2.29. The highest BCUT2D eigenvalue weighted by Crippen LogP contribution is 2.30. The molecular formula is C13H22N2O3. The number of nitrogens with one attached hydrogen (secondary N) is 1. The van der Waals surface area contributed by atoms with Crippen molar-refractivity contribution in [2.45, 2.75) is 52.1 Å². The van der Waals surface area contributed by atoms with Crippen LogP contribution in [0.3, 0.4) is 0 Å². The average molecular weight is 254 g/mol. The number of rotatable bonds is 6. The minimum absolute atomic E-state index is 0.182. The highest BCUT2D eigenvalue weighted by molar-refractivity contribution is 5.24. The second kappa shape index (κ2) is 6.00. The van der Waals surface area contributed by atoms with E-state index in [4.69, 9.17) is 4.74 Å². The van der Waals surface area contributed by atoms with E-state index in [0.29, 0.717) is 30.7 Å². The minimum atomic E-state index is -0.638. The van der Waals surface area contributed by atoms with E-state index >= 15 is 0 Å². The Morgan fingerprint density at radius 3 is 2.33 bits per heavy atom. The number of methoxy groups -OCH3 is 1. The zero-order chi connectivity index (χ0) is 13.8. The number of ether oxygens (including phenoxy) is 1. The number of nitrogens with zero attached hydrogens (tertiary/aromatic N) is 1. The van der Waals surface area contributed by atoms with Gasteiger partial charge in [-0.3, -0.25) is 4.79 Å². The molecule has 5 heteroatoms. The molecule has 0 aliphatic heterocycles. The molecule has 0 aromatic carbocycles. The molecule has 0 fully saturated rings. The van der Waals surface area contributed by atoms with Gasteiger partial charge in [0, 0.05) is 7.11 Å². The van der Waals surface area contributed by atoms with Gasteiger partial charge in [-0.15, -0.1) is 0 Å². The van der Waals surface area contributed by atoms with Gasteiger partial charge >= 0.3 is 0 Å². The Labute approximate surface area is 107 Å². The first-order valence-corrected chi connectivity index (χ1v) is 6.42. The summed E-state index contributed by atoms with van der Waals surface area (Å²) in [6.07, 6.45) is 2.66. The third-order valence-corrected chi connectivity index (χ3v) is 3.46. The largest absolute Gasteiger partial charge is 0.493 e. The second-order valence-electron chi connectivity index (χ2n) is 4.37. The summed E-state index contributed by atoms with van der Waals surface area (Å²) in [6.45, 7) is 5.87. The summed E-state index contributed by atoms with van der Waals surface area (Å²) in [6, 6.07) is 0. The molecule has 0 radical (unpaired) electrons. The van der Waals surface area contributed by atoms with Crippen LogP contribution in [0.2, 0.25) is 0 Å². The third-order valence-electron chi connectivity index (χ3n) is 3.46. The predicted molar refractivity (Wildman–Crippen MR) is 69.8 cm³/mol. The zero-order valence-electron chi connectivity index (χ0n) is 11.5. The summed E-state index contributed by atoms with van der Waals surface area (Å²) < 4.78 is 5.49. The van der Waals surface area contributed by atoms with Gasteiger partial charge in [0.25, 0.3) is 5.56 Å². The van der Waals surface area contributed by atoms with E-state index in [0.717, 1.165) is 6.42 Å². The van der Waals surface area contributed by atoms with Crippen molar-refractivity contribution in [1.29, 1.82) is 0 Å². The molecule has 2 N–H and O–H groups in total. The quantitative estimate of drug-likeness (QED) is 0.815. The van der Waals surface area contributed by atoms with Gasteiger partial charge in [-0.25, -0.2) is 0 Å². The van der Waals surface area contributed by atoms with Gasteiger partial charge in [-0.05, 0) is 19.3 Å². The average Bonchev–Trinajstić information content (AvgIpc) is 2.37. The van der Waals surface area contributed by atoms with Crippen molar-refractivity contribution in [3.63, 3.8) is 0 Å². The van der Waals surface area contributed by atoms with Crippen LogP contribution in [0, 0.1) is 0 Å². The molecule has 0 aliphatic rings. The van der Waals surface area contributed by atoms with E-state index in [1.54, 1.807) is 7.11 Å². The maximum absolute atomic E-state index is 11.9. The summed E-state index contributed by atoms with van der Waals surface area (Å²) >= 11 is 0. The summed E-state index contributed by atoms with van der Waals surface area (Å²) in [5.41, 5.74) is -0.567. The van der Waals surface area contributed by atoms with Crippen LogP contribution in [0.25, 0.3) is 0 Å². The fraction of sp³-hybridized carbons (Fsp3) is 0.692. The maximum atomic E-state index is 11.9. The van der Waals surface area contributed by atoms with Crippen molar-refractivity contribution in [3.8, 4) is 5.88 Å². The lowest BCUT2D eigenvalue weighted by atomic mass is 9.96. The van der Waals surface area contributed by atoms with Crippen LogP contribution < -0.4 is 5.56 Å². The molecule has 1 heterocycles. The van der Waals surface area contributed by atoms with Gasteiger partial charge in [-0.2, -0.15) is 4.98 Å². The summed E-state index contributed by atoms with van der Waals surface area (Å²) in [7, 11) is 1.59. The number of aromatic hydroxyl groups is 1. The van der Waals surface area contributed by atoms with Gasteiger partial charge in [0.2, 0.25) is 5.88 Å². The molecule has 1 aromatic heterocycles. The SMILES string of the molecule is CCCc1c(O)nc(C(CC)(CC)OC)[nH]c1=O. The monoisotopic (exact) mass is 254 g/mol. The number of aromatic amines is 1. The summed E-state index contributed by atoms with van der Waals surface area (Å²) in [4.78, 5) is 18.8. The molecule has 0 saturated heterocycles. The number of aromatic nitrogens is 2. The normalized spacial score (nSPS) is 11.8. The van der Waals surface area contributed by atoms with Crippen LogP contribution in [0.5, 0.6) is 5.88 Å². The molecule has 0 saturated carbocycles. The molecule has 0 amide bonds. The number of hydrogen-bond acceptors (Lipinski definition) is 4. The Morgan fingerprint density at radius 1 is 1.33 bits per heavy atom. The minimum Gasteiger partial charge on any atom is -0.493 e. The smallest absolute Gasteiger partial charge is 0.258 e. The molecule has 0 aliphatic carbocycles. The van der Waals surface area contributed by atoms with Gasteiger partial charge < -0.3 is 14.8 Å². The van der Waals surface area contributed by atoms with Crippen molar-refractivity contribution >= 4 is 0 Å². The predicted octanol–water partition coefficient (Wildman–Crippen LogP) is 2.09. The Hall–Kier alpha value is -1.36. The molecule has 1 rings (SSSR count). The number of H-pyrrole nitrogens is 1. The van der Waals surface area contributed by atoms with E-state index < -0.39 is 5.60 Å². The molecule has 102 valence electrons. The first kappa shape index (κ1) is 14.7. The Balaban J connectivity index is 3.32. The van der Waals surface area contributed by atoms with Crippen LogP contribution in [0.4, 0.5) is 0 Å². The van der Waals surface area contributed by atoms with E-state index in [1.165, 1.54) is 0 Å².